The molecule has 26 heavy (non-hydrogen) atoms. The first-order chi connectivity index (χ1) is 11.3. The summed E-state index contributed by atoms with van der Waals surface area (Å²) in [5.74, 6) is -40.5. The first-order valence-corrected chi connectivity index (χ1v) is 6.52. The number of aliphatic hydroxyl groups is 1. The first kappa shape index (κ1) is 23.0. The van der Waals surface area contributed by atoms with Crippen molar-refractivity contribution >= 4 is 0 Å². The van der Waals surface area contributed by atoms with Crippen molar-refractivity contribution in [3.63, 3.8) is 0 Å². The van der Waals surface area contributed by atoms with Gasteiger partial charge < -0.3 is 9.84 Å². The van der Waals surface area contributed by atoms with Gasteiger partial charge in [-0.05, 0) is 12.8 Å². The van der Waals surface area contributed by atoms with E-state index in [0.717, 1.165) is 0 Å². The van der Waals surface area contributed by atoms with Gasteiger partial charge in [-0.2, -0.15) is 57.1 Å². The van der Waals surface area contributed by atoms with Crippen LogP contribution in [0.25, 0.3) is 0 Å². The zero-order valence-electron chi connectivity index (χ0n) is 12.0. The van der Waals surface area contributed by atoms with Gasteiger partial charge in [0.05, 0.1) is 5.92 Å². The van der Waals surface area contributed by atoms with Crippen LogP contribution in [0.5, 0.6) is 0 Å². The maximum Gasteiger partial charge on any atom is 0.460 e. The summed E-state index contributed by atoms with van der Waals surface area (Å²) in [5, 5.41) is 9.03. The molecule has 1 aliphatic rings. The maximum absolute atomic E-state index is 13.7. The van der Waals surface area contributed by atoms with Crippen LogP contribution in [0.1, 0.15) is 12.8 Å². The van der Waals surface area contributed by atoms with E-state index in [1.54, 1.807) is 0 Å². The predicted octanol–water partition coefficient (Wildman–Crippen LogP) is 4.47. The summed E-state index contributed by atoms with van der Waals surface area (Å²) in [6.45, 7) is -0.502. The minimum Gasteiger partial charge on any atom is -0.367 e. The molecule has 1 rings (SSSR count). The van der Waals surface area contributed by atoms with Crippen LogP contribution < -0.4 is 0 Å². The van der Waals surface area contributed by atoms with Crippen molar-refractivity contribution in [2.45, 2.75) is 54.9 Å². The van der Waals surface area contributed by atoms with Crippen molar-refractivity contribution < 1.29 is 66.9 Å². The molecule has 0 aromatic carbocycles. The summed E-state index contributed by atoms with van der Waals surface area (Å²) < 4.78 is 172. The molecule has 0 aliphatic carbocycles. The van der Waals surface area contributed by atoms with Gasteiger partial charge in [0.15, 0.2) is 6.29 Å². The third kappa shape index (κ3) is 2.99. The SMILES string of the molecule is O[C@@H]1OCCC[C@@H]1C(F)(F)C(F)(F)C(F)(F)C(F)(F)C(F)(F)C(F)(F)F. The zero-order chi connectivity index (χ0) is 21.0. The van der Waals surface area contributed by atoms with Crippen LogP contribution in [0.4, 0.5) is 57.1 Å². The highest BCUT2D eigenvalue weighted by molar-refractivity contribution is 5.11. The number of ether oxygens (including phenoxy) is 1. The molecule has 0 bridgehead atoms. The van der Waals surface area contributed by atoms with E-state index in [4.69, 9.17) is 5.11 Å². The van der Waals surface area contributed by atoms with Gasteiger partial charge in [-0.3, -0.25) is 0 Å². The van der Waals surface area contributed by atoms with Crippen molar-refractivity contribution in [1.29, 1.82) is 0 Å². The Morgan fingerprint density at radius 3 is 1.46 bits per heavy atom. The normalized spacial score (nSPS) is 24.7. The summed E-state index contributed by atoms with van der Waals surface area (Å²) >= 11 is 0. The van der Waals surface area contributed by atoms with E-state index in [2.05, 4.69) is 4.74 Å². The molecule has 0 saturated carbocycles. The van der Waals surface area contributed by atoms with E-state index in [0.29, 0.717) is 0 Å². The molecular formula is C11H9F13O2. The van der Waals surface area contributed by atoms with E-state index >= 15 is 0 Å². The Labute approximate surface area is 135 Å². The van der Waals surface area contributed by atoms with Gasteiger partial charge in [0.25, 0.3) is 0 Å². The first-order valence-electron chi connectivity index (χ1n) is 6.52. The fourth-order valence-corrected chi connectivity index (χ4v) is 2.14. The molecule has 0 amide bonds. The van der Waals surface area contributed by atoms with Gasteiger partial charge in [-0.15, -0.1) is 0 Å². The third-order valence-electron chi connectivity index (χ3n) is 3.72. The second-order valence-electron chi connectivity index (χ2n) is 5.43. The lowest BCUT2D eigenvalue weighted by Crippen LogP contribution is -2.71. The summed E-state index contributed by atoms with van der Waals surface area (Å²) in [6.07, 6.45) is -12.0. The smallest absolute Gasteiger partial charge is 0.367 e. The van der Waals surface area contributed by atoms with E-state index in [-0.39, 0.29) is 0 Å². The fourth-order valence-electron chi connectivity index (χ4n) is 2.14. The van der Waals surface area contributed by atoms with Crippen LogP contribution in [0, 0.1) is 5.92 Å². The van der Waals surface area contributed by atoms with Crippen LogP contribution in [-0.4, -0.2) is 53.8 Å². The number of aliphatic hydroxyl groups excluding tert-OH is 1. The van der Waals surface area contributed by atoms with E-state index in [1.807, 2.05) is 0 Å². The van der Waals surface area contributed by atoms with E-state index in [1.165, 1.54) is 0 Å². The minimum absolute atomic E-state index is 0.502. The highest BCUT2D eigenvalue weighted by atomic mass is 19.4. The Bertz CT molecular complexity index is 513. The van der Waals surface area contributed by atoms with Crippen LogP contribution in [0.15, 0.2) is 0 Å². The topological polar surface area (TPSA) is 29.5 Å². The van der Waals surface area contributed by atoms with Crippen molar-refractivity contribution in [1.82, 2.24) is 0 Å². The highest BCUT2D eigenvalue weighted by Gasteiger charge is 2.91. The average molecular weight is 420 g/mol. The number of hydrogen-bond acceptors (Lipinski definition) is 2. The molecule has 1 heterocycles. The van der Waals surface area contributed by atoms with Crippen LogP contribution in [-0.2, 0) is 4.74 Å². The second kappa shape index (κ2) is 6.27. The van der Waals surface area contributed by atoms with Gasteiger partial charge in [0, 0.05) is 6.61 Å². The molecule has 0 aromatic heterocycles. The van der Waals surface area contributed by atoms with Crippen LogP contribution in [0.3, 0.4) is 0 Å². The van der Waals surface area contributed by atoms with Gasteiger partial charge in [-0.25, -0.2) is 0 Å². The van der Waals surface area contributed by atoms with Crippen molar-refractivity contribution in [3.05, 3.63) is 0 Å². The Morgan fingerprint density at radius 1 is 0.654 bits per heavy atom. The van der Waals surface area contributed by atoms with Crippen LogP contribution in [0.2, 0.25) is 0 Å². The monoisotopic (exact) mass is 420 g/mol. The molecule has 2 nitrogen and oxygen atoms in total. The molecular weight excluding hydrogens is 411 g/mol. The lowest BCUT2D eigenvalue weighted by molar-refractivity contribution is -0.447. The van der Waals surface area contributed by atoms with Gasteiger partial charge in [0.2, 0.25) is 0 Å². The Balaban J connectivity index is 3.43. The van der Waals surface area contributed by atoms with Crippen LogP contribution >= 0.6 is 0 Å². The second-order valence-corrected chi connectivity index (χ2v) is 5.43. The number of rotatable bonds is 5. The van der Waals surface area contributed by atoms with Gasteiger partial charge in [-0.1, -0.05) is 0 Å². The minimum atomic E-state index is -7.94. The molecule has 0 unspecified atom stereocenters. The molecule has 1 fully saturated rings. The molecule has 1 saturated heterocycles. The largest absolute Gasteiger partial charge is 0.460 e. The molecule has 2 atom stereocenters. The molecule has 1 aliphatic heterocycles. The fraction of sp³-hybridized carbons (Fsp3) is 1.00. The quantitative estimate of drug-likeness (QED) is 0.666. The lowest BCUT2D eigenvalue weighted by atomic mass is 9.84. The summed E-state index contributed by atoms with van der Waals surface area (Å²) in [6, 6.07) is 0. The molecule has 1 N–H and O–H groups in total. The van der Waals surface area contributed by atoms with Crippen molar-refractivity contribution in [2.75, 3.05) is 6.61 Å². The highest BCUT2D eigenvalue weighted by Crippen LogP contribution is 2.61. The number of alkyl halides is 13. The Hall–Kier alpha value is -0.990. The Kier molecular flexibility index (Phi) is 5.56. The molecule has 0 spiro atoms. The zero-order valence-corrected chi connectivity index (χ0v) is 12.0. The van der Waals surface area contributed by atoms with Crippen molar-refractivity contribution in [3.8, 4) is 0 Å². The summed E-state index contributed by atoms with van der Waals surface area (Å²) in [7, 11) is 0. The van der Waals surface area contributed by atoms with E-state index in [9.17, 15) is 57.1 Å². The van der Waals surface area contributed by atoms with E-state index < -0.39 is 67.4 Å². The van der Waals surface area contributed by atoms with Gasteiger partial charge in [0.1, 0.15) is 0 Å². The Morgan fingerprint density at radius 2 is 1.08 bits per heavy atom. The third-order valence-corrected chi connectivity index (χ3v) is 3.72. The van der Waals surface area contributed by atoms with Gasteiger partial charge >= 0.3 is 35.8 Å². The molecule has 0 radical (unpaired) electrons. The summed E-state index contributed by atoms with van der Waals surface area (Å²) in [4.78, 5) is 0. The molecule has 15 heteroatoms. The molecule has 156 valence electrons. The standard InChI is InChI=1S/C11H9F13O2/c12-6(13,4-2-1-3-26-5(4)25)7(14,15)8(16,17)9(18,19)10(20,21)11(22,23)24/h4-5,25H,1-3H2/t4-,5+/m0/s1. The molecule has 0 aromatic rings. The number of hydrogen-bond donors (Lipinski definition) is 1. The summed E-state index contributed by atoms with van der Waals surface area (Å²) in [5.41, 5.74) is 0. The maximum atomic E-state index is 13.7. The number of halogens is 13. The predicted molar refractivity (Wildman–Crippen MR) is 55.5 cm³/mol. The van der Waals surface area contributed by atoms with Crippen molar-refractivity contribution in [2.24, 2.45) is 5.92 Å². The lowest BCUT2D eigenvalue weighted by Gasteiger charge is -2.43. The average Bonchev–Trinajstić information content (AvgIpc) is 2.45.